The van der Waals surface area contributed by atoms with Crippen molar-refractivity contribution in [3.63, 3.8) is 0 Å². The number of carbonyl (C=O) groups excluding carboxylic acids is 2. The van der Waals surface area contributed by atoms with Gasteiger partial charge in [-0.3, -0.25) is 4.79 Å². The lowest BCUT2D eigenvalue weighted by atomic mass is 10.1. The van der Waals surface area contributed by atoms with Gasteiger partial charge in [0.25, 0.3) is 5.91 Å². The van der Waals surface area contributed by atoms with Crippen molar-refractivity contribution in [2.75, 3.05) is 24.7 Å². The fourth-order valence-electron chi connectivity index (χ4n) is 2.70. The summed E-state index contributed by atoms with van der Waals surface area (Å²) in [6.45, 7) is 3.91. The zero-order valence-electron chi connectivity index (χ0n) is 14.7. The highest BCUT2D eigenvalue weighted by atomic mass is 127. The molecule has 1 unspecified atom stereocenters. The third kappa shape index (κ3) is 6.42. The lowest BCUT2D eigenvalue weighted by Gasteiger charge is -2.29. The van der Waals surface area contributed by atoms with Gasteiger partial charge >= 0.3 is 5.97 Å². The molecule has 1 aliphatic heterocycles. The highest BCUT2D eigenvalue weighted by molar-refractivity contribution is 14.1. The summed E-state index contributed by atoms with van der Waals surface area (Å²) in [5.74, 6) is -0.293. The Morgan fingerprint density at radius 3 is 2.69 bits per heavy atom. The average Bonchev–Trinajstić information content (AvgIpc) is 3.13. The van der Waals surface area contributed by atoms with Crippen molar-refractivity contribution < 1.29 is 27.2 Å². The van der Waals surface area contributed by atoms with E-state index in [-0.39, 0.29) is 29.4 Å². The molecule has 1 amide bonds. The van der Waals surface area contributed by atoms with Crippen LogP contribution in [0.15, 0.2) is 22.6 Å². The van der Waals surface area contributed by atoms with Crippen LogP contribution < -0.4 is 0 Å². The van der Waals surface area contributed by atoms with E-state index in [9.17, 15) is 18.0 Å². The Bertz CT molecular complexity index is 783. The van der Waals surface area contributed by atoms with Gasteiger partial charge in [-0.05, 0) is 53.1 Å². The monoisotopic (exact) mass is 495 g/mol. The molecule has 1 fully saturated rings. The van der Waals surface area contributed by atoms with Gasteiger partial charge in [0.05, 0.1) is 11.5 Å². The van der Waals surface area contributed by atoms with Crippen LogP contribution in [-0.2, 0) is 24.2 Å². The van der Waals surface area contributed by atoms with Gasteiger partial charge in [-0.1, -0.05) is 13.8 Å². The van der Waals surface area contributed by atoms with Gasteiger partial charge in [-0.25, -0.2) is 13.2 Å². The molecule has 2 rings (SSSR count). The van der Waals surface area contributed by atoms with Crippen molar-refractivity contribution in [1.82, 2.24) is 4.90 Å². The van der Waals surface area contributed by atoms with E-state index in [1.54, 1.807) is 12.1 Å². The SMILES string of the molecule is CC(C)CN(C(=O)COC(=O)/C=C/c1ccc(I)o1)C1CCS(=O)(=O)C1. The number of esters is 1. The smallest absolute Gasteiger partial charge is 0.331 e. The number of amides is 1. The highest BCUT2D eigenvalue weighted by Gasteiger charge is 2.35. The standard InChI is InChI=1S/C17H22INO6S/c1-12(2)9-19(13-7-8-26(22,23)11-13)16(20)10-24-17(21)6-4-14-3-5-15(18)25-14/h3-6,12-13H,7-11H2,1-2H3/b6-4+. The molecule has 0 N–H and O–H groups in total. The fourth-order valence-corrected chi connectivity index (χ4v) is 4.87. The van der Waals surface area contributed by atoms with E-state index < -0.39 is 22.4 Å². The van der Waals surface area contributed by atoms with Crippen molar-refractivity contribution >= 4 is 50.4 Å². The maximum atomic E-state index is 12.5. The van der Waals surface area contributed by atoms with E-state index in [0.717, 1.165) is 0 Å². The first-order valence-electron chi connectivity index (χ1n) is 8.26. The van der Waals surface area contributed by atoms with Crippen molar-refractivity contribution in [2.24, 2.45) is 5.92 Å². The normalized spacial score (nSPS) is 19.2. The third-order valence-electron chi connectivity index (χ3n) is 3.85. The van der Waals surface area contributed by atoms with Gasteiger partial charge in [0.1, 0.15) is 5.76 Å². The van der Waals surface area contributed by atoms with E-state index in [4.69, 9.17) is 9.15 Å². The molecule has 26 heavy (non-hydrogen) atoms. The molecule has 2 heterocycles. The molecule has 0 spiro atoms. The number of nitrogens with zero attached hydrogens (tertiary/aromatic N) is 1. The molecule has 1 aromatic rings. The zero-order valence-corrected chi connectivity index (χ0v) is 17.7. The number of sulfone groups is 1. The summed E-state index contributed by atoms with van der Waals surface area (Å²) in [5, 5.41) is 0. The Morgan fingerprint density at radius 2 is 2.15 bits per heavy atom. The molecule has 1 atom stereocenters. The van der Waals surface area contributed by atoms with Crippen molar-refractivity contribution in [3.8, 4) is 0 Å². The van der Waals surface area contributed by atoms with Crippen LogP contribution in [0.25, 0.3) is 6.08 Å². The Kier molecular flexibility index (Phi) is 7.27. The lowest BCUT2D eigenvalue weighted by molar-refractivity contribution is -0.149. The Morgan fingerprint density at radius 1 is 1.42 bits per heavy atom. The van der Waals surface area contributed by atoms with Gasteiger partial charge < -0.3 is 14.1 Å². The average molecular weight is 495 g/mol. The van der Waals surface area contributed by atoms with Crippen LogP contribution in [0.3, 0.4) is 0 Å². The van der Waals surface area contributed by atoms with Crippen LogP contribution in [-0.4, -0.2) is 55.9 Å². The van der Waals surface area contributed by atoms with Crippen LogP contribution in [0.1, 0.15) is 26.0 Å². The van der Waals surface area contributed by atoms with Gasteiger partial charge in [0.15, 0.2) is 20.2 Å². The summed E-state index contributed by atoms with van der Waals surface area (Å²) >= 11 is 2.01. The number of carbonyl (C=O) groups is 2. The quantitative estimate of drug-likeness (QED) is 0.327. The minimum Gasteiger partial charge on any atom is -0.452 e. The maximum absolute atomic E-state index is 12.5. The first-order chi connectivity index (χ1) is 12.2. The van der Waals surface area contributed by atoms with Crippen LogP contribution in [0.5, 0.6) is 0 Å². The van der Waals surface area contributed by atoms with Crippen molar-refractivity contribution in [2.45, 2.75) is 26.3 Å². The molecule has 1 saturated heterocycles. The summed E-state index contributed by atoms with van der Waals surface area (Å²) in [7, 11) is -3.10. The second kappa shape index (κ2) is 9.03. The summed E-state index contributed by atoms with van der Waals surface area (Å²) in [4.78, 5) is 25.8. The predicted octanol–water partition coefficient (Wildman–Crippen LogP) is 2.11. The minimum atomic E-state index is -3.10. The number of rotatable bonds is 7. The lowest BCUT2D eigenvalue weighted by Crippen LogP contribution is -2.45. The number of furan rings is 1. The molecule has 1 aliphatic rings. The molecule has 7 nitrogen and oxygen atoms in total. The number of halogens is 1. The second-order valence-electron chi connectivity index (χ2n) is 6.58. The third-order valence-corrected chi connectivity index (χ3v) is 6.18. The number of hydrogen-bond acceptors (Lipinski definition) is 6. The summed E-state index contributed by atoms with van der Waals surface area (Å²) < 4.78 is 34.4. The molecule has 0 bridgehead atoms. The van der Waals surface area contributed by atoms with Gasteiger partial charge in [-0.15, -0.1) is 0 Å². The van der Waals surface area contributed by atoms with Crippen LogP contribution in [0.4, 0.5) is 0 Å². The molecule has 1 aromatic heterocycles. The minimum absolute atomic E-state index is 0.0313. The first-order valence-corrected chi connectivity index (χ1v) is 11.2. The van der Waals surface area contributed by atoms with Crippen molar-refractivity contribution in [3.05, 3.63) is 27.7 Å². The van der Waals surface area contributed by atoms with E-state index in [2.05, 4.69) is 0 Å². The fraction of sp³-hybridized carbons (Fsp3) is 0.529. The topological polar surface area (TPSA) is 93.9 Å². The van der Waals surface area contributed by atoms with Crippen molar-refractivity contribution in [1.29, 1.82) is 0 Å². The zero-order chi connectivity index (χ0) is 19.3. The van der Waals surface area contributed by atoms with Gasteiger partial charge in [0, 0.05) is 18.7 Å². The van der Waals surface area contributed by atoms with Crippen LogP contribution in [0.2, 0.25) is 0 Å². The largest absolute Gasteiger partial charge is 0.452 e. The molecule has 0 radical (unpaired) electrons. The Balaban J connectivity index is 1.92. The molecular formula is C17H22INO6S. The van der Waals surface area contributed by atoms with Crippen LogP contribution >= 0.6 is 22.6 Å². The molecule has 0 saturated carbocycles. The second-order valence-corrected chi connectivity index (χ2v) is 9.87. The van der Waals surface area contributed by atoms with Gasteiger partial charge in [0.2, 0.25) is 0 Å². The molecule has 9 heteroatoms. The number of hydrogen-bond donors (Lipinski definition) is 0. The maximum Gasteiger partial charge on any atom is 0.331 e. The highest BCUT2D eigenvalue weighted by Crippen LogP contribution is 2.19. The first kappa shape index (κ1) is 20.9. The molecule has 0 aromatic carbocycles. The molecule has 0 aliphatic carbocycles. The molecule has 144 valence electrons. The Labute approximate surface area is 166 Å². The van der Waals surface area contributed by atoms with E-state index in [0.29, 0.717) is 22.5 Å². The predicted molar refractivity (Wildman–Crippen MR) is 105 cm³/mol. The van der Waals surface area contributed by atoms with E-state index in [1.165, 1.54) is 17.1 Å². The summed E-state index contributed by atoms with van der Waals surface area (Å²) in [6.07, 6.45) is 3.07. The number of ether oxygens (including phenoxy) is 1. The van der Waals surface area contributed by atoms with Crippen LogP contribution in [0, 0.1) is 9.68 Å². The summed E-state index contributed by atoms with van der Waals surface area (Å²) in [6, 6.07) is 3.12. The molecular weight excluding hydrogens is 473 g/mol. The van der Waals surface area contributed by atoms with E-state index >= 15 is 0 Å². The van der Waals surface area contributed by atoms with E-state index in [1.807, 2.05) is 36.4 Å². The Hall–Kier alpha value is -1.36. The van der Waals surface area contributed by atoms with Gasteiger partial charge in [-0.2, -0.15) is 0 Å². The summed E-state index contributed by atoms with van der Waals surface area (Å²) in [5.41, 5.74) is 0.